The molecule has 2 rings (SSSR count). The van der Waals surface area contributed by atoms with Crippen molar-refractivity contribution in [3.63, 3.8) is 0 Å². The summed E-state index contributed by atoms with van der Waals surface area (Å²) in [6.07, 6.45) is 0. The zero-order valence-electron chi connectivity index (χ0n) is 11.2. The maximum absolute atomic E-state index is 9.02. The summed E-state index contributed by atoms with van der Waals surface area (Å²) in [6, 6.07) is 7.73. The van der Waals surface area contributed by atoms with E-state index in [2.05, 4.69) is 15.6 Å². The number of nitriles is 1. The molecule has 4 nitrogen and oxygen atoms in total. The first kappa shape index (κ1) is 13.9. The Balaban J connectivity index is 2.67. The number of imidazole rings is 1. The third-order valence-corrected chi connectivity index (χ3v) is 3.25. The molecule has 100 valence electrons. The van der Waals surface area contributed by atoms with Crippen molar-refractivity contribution in [3.8, 4) is 6.07 Å². The van der Waals surface area contributed by atoms with Gasteiger partial charge in [0.05, 0.1) is 40.7 Å². The normalized spacial score (nSPS) is 14.3. The van der Waals surface area contributed by atoms with E-state index in [9.17, 15) is 0 Å². The third kappa shape index (κ3) is 2.58. The van der Waals surface area contributed by atoms with Gasteiger partial charge in [-0.1, -0.05) is 0 Å². The number of ether oxygens (including phenoxy) is 1. The van der Waals surface area contributed by atoms with Crippen molar-refractivity contribution in [2.24, 2.45) is 0 Å². The van der Waals surface area contributed by atoms with E-state index in [-0.39, 0.29) is 11.4 Å². The second-order valence-corrected chi connectivity index (χ2v) is 5.23. The van der Waals surface area contributed by atoms with E-state index >= 15 is 0 Å². The fourth-order valence-electron chi connectivity index (χ4n) is 2.24. The van der Waals surface area contributed by atoms with Crippen molar-refractivity contribution < 1.29 is 4.74 Å². The summed E-state index contributed by atoms with van der Waals surface area (Å²) in [7, 11) is 1.67. The van der Waals surface area contributed by atoms with Crippen LogP contribution in [-0.4, -0.2) is 23.3 Å². The Kier molecular flexibility index (Phi) is 4.08. The number of methoxy groups -OCH3 is 1. The molecule has 0 radical (unpaired) electrons. The van der Waals surface area contributed by atoms with E-state index in [1.807, 2.05) is 26.0 Å². The second kappa shape index (κ2) is 5.60. The largest absolute Gasteiger partial charge is 0.383 e. The van der Waals surface area contributed by atoms with Gasteiger partial charge in [0, 0.05) is 7.11 Å². The average Bonchev–Trinajstić information content (AvgIpc) is 2.77. The van der Waals surface area contributed by atoms with Crippen LogP contribution >= 0.6 is 11.6 Å². The Hall–Kier alpha value is -1.57. The molecule has 2 atom stereocenters. The van der Waals surface area contributed by atoms with Crippen LogP contribution in [0.2, 0.25) is 0 Å². The van der Waals surface area contributed by atoms with E-state index in [1.54, 1.807) is 13.2 Å². The lowest BCUT2D eigenvalue weighted by molar-refractivity contribution is 0.162. The maximum Gasteiger partial charge on any atom is 0.128 e. The molecule has 1 aromatic carbocycles. The minimum Gasteiger partial charge on any atom is -0.383 e. The standard InChI is InChI=1S/C14H16ClN3O/c1-9(8-19-3)18-13-6-11(7-16)4-5-12(13)17-14(18)10(2)15/h4-6,9-10H,8H2,1-3H3. The van der Waals surface area contributed by atoms with Gasteiger partial charge in [0.2, 0.25) is 0 Å². The molecule has 0 aliphatic heterocycles. The summed E-state index contributed by atoms with van der Waals surface area (Å²) in [6.45, 7) is 4.51. The molecule has 0 aliphatic carbocycles. The average molecular weight is 278 g/mol. The highest BCUT2D eigenvalue weighted by Gasteiger charge is 2.19. The lowest BCUT2D eigenvalue weighted by Gasteiger charge is -2.17. The van der Waals surface area contributed by atoms with Crippen LogP contribution in [0.15, 0.2) is 18.2 Å². The number of hydrogen-bond donors (Lipinski definition) is 0. The van der Waals surface area contributed by atoms with Crippen LogP contribution in [0.25, 0.3) is 11.0 Å². The van der Waals surface area contributed by atoms with Crippen LogP contribution in [0, 0.1) is 11.3 Å². The number of alkyl halides is 1. The van der Waals surface area contributed by atoms with Gasteiger partial charge in [0.1, 0.15) is 5.82 Å². The highest BCUT2D eigenvalue weighted by Crippen LogP contribution is 2.28. The number of aromatic nitrogens is 2. The van der Waals surface area contributed by atoms with Crippen LogP contribution in [0.1, 0.15) is 36.7 Å². The number of halogens is 1. The van der Waals surface area contributed by atoms with Crippen molar-refractivity contribution in [2.75, 3.05) is 13.7 Å². The van der Waals surface area contributed by atoms with Gasteiger partial charge in [0.25, 0.3) is 0 Å². The molecule has 0 aliphatic rings. The number of benzene rings is 1. The molecule has 19 heavy (non-hydrogen) atoms. The van der Waals surface area contributed by atoms with Gasteiger partial charge in [-0.25, -0.2) is 4.98 Å². The molecule has 2 aromatic rings. The molecule has 0 spiro atoms. The molecule has 0 fully saturated rings. The fourth-order valence-corrected chi connectivity index (χ4v) is 2.39. The topological polar surface area (TPSA) is 50.8 Å². The molecule has 0 amide bonds. The van der Waals surface area contributed by atoms with Gasteiger partial charge in [-0.3, -0.25) is 0 Å². The van der Waals surface area contributed by atoms with E-state index in [0.717, 1.165) is 16.9 Å². The molecular formula is C14H16ClN3O. The summed E-state index contributed by atoms with van der Waals surface area (Å²) in [4.78, 5) is 4.56. The lowest BCUT2D eigenvalue weighted by atomic mass is 10.2. The highest BCUT2D eigenvalue weighted by molar-refractivity contribution is 6.20. The van der Waals surface area contributed by atoms with Crippen LogP contribution < -0.4 is 0 Å². The van der Waals surface area contributed by atoms with Crippen LogP contribution in [0.3, 0.4) is 0 Å². The van der Waals surface area contributed by atoms with Gasteiger partial charge in [-0.15, -0.1) is 11.6 Å². The molecule has 0 N–H and O–H groups in total. The molecular weight excluding hydrogens is 262 g/mol. The first-order chi connectivity index (χ1) is 9.08. The van der Waals surface area contributed by atoms with E-state index in [4.69, 9.17) is 21.6 Å². The van der Waals surface area contributed by atoms with Crippen molar-refractivity contribution >= 4 is 22.6 Å². The maximum atomic E-state index is 9.02. The predicted octanol–water partition coefficient (Wildman–Crippen LogP) is 3.42. The van der Waals surface area contributed by atoms with E-state index in [1.165, 1.54) is 0 Å². The van der Waals surface area contributed by atoms with Crippen molar-refractivity contribution in [1.29, 1.82) is 5.26 Å². The van der Waals surface area contributed by atoms with E-state index < -0.39 is 0 Å². The molecule has 0 saturated heterocycles. The fraction of sp³-hybridized carbons (Fsp3) is 0.429. The minimum absolute atomic E-state index is 0.111. The summed E-state index contributed by atoms with van der Waals surface area (Å²) < 4.78 is 7.26. The monoisotopic (exact) mass is 277 g/mol. The van der Waals surface area contributed by atoms with Gasteiger partial charge >= 0.3 is 0 Å². The molecule has 5 heteroatoms. The smallest absolute Gasteiger partial charge is 0.128 e. The number of nitrogens with zero attached hydrogens (tertiary/aromatic N) is 3. The Morgan fingerprint density at radius 3 is 2.79 bits per heavy atom. The predicted molar refractivity (Wildman–Crippen MR) is 75.3 cm³/mol. The van der Waals surface area contributed by atoms with Crippen LogP contribution in [-0.2, 0) is 4.74 Å². The van der Waals surface area contributed by atoms with Crippen LogP contribution in [0.4, 0.5) is 0 Å². The number of hydrogen-bond acceptors (Lipinski definition) is 3. The Bertz CT molecular complexity index is 627. The quantitative estimate of drug-likeness (QED) is 0.805. The molecule has 0 saturated carbocycles. The Morgan fingerprint density at radius 1 is 1.47 bits per heavy atom. The van der Waals surface area contributed by atoms with Crippen LogP contribution in [0.5, 0.6) is 0 Å². The molecule has 1 aromatic heterocycles. The lowest BCUT2D eigenvalue weighted by Crippen LogP contribution is -2.14. The first-order valence-corrected chi connectivity index (χ1v) is 6.57. The van der Waals surface area contributed by atoms with Gasteiger partial charge in [-0.05, 0) is 32.0 Å². The molecule has 0 bridgehead atoms. The Labute approximate surface area is 117 Å². The van der Waals surface area contributed by atoms with Crippen molar-refractivity contribution in [3.05, 3.63) is 29.6 Å². The number of rotatable bonds is 4. The summed E-state index contributed by atoms with van der Waals surface area (Å²) in [5.74, 6) is 0.802. The molecule has 1 heterocycles. The van der Waals surface area contributed by atoms with E-state index in [0.29, 0.717) is 12.2 Å². The summed E-state index contributed by atoms with van der Waals surface area (Å²) in [5.41, 5.74) is 2.39. The third-order valence-electron chi connectivity index (χ3n) is 3.05. The number of fused-ring (bicyclic) bond motifs is 1. The zero-order valence-corrected chi connectivity index (χ0v) is 12.0. The second-order valence-electron chi connectivity index (χ2n) is 4.58. The first-order valence-electron chi connectivity index (χ1n) is 6.13. The van der Waals surface area contributed by atoms with Gasteiger partial charge in [0.15, 0.2) is 0 Å². The summed E-state index contributed by atoms with van der Waals surface area (Å²) in [5, 5.41) is 8.82. The minimum atomic E-state index is -0.197. The molecule has 2 unspecified atom stereocenters. The Morgan fingerprint density at radius 2 is 2.21 bits per heavy atom. The highest BCUT2D eigenvalue weighted by atomic mass is 35.5. The van der Waals surface area contributed by atoms with Gasteiger partial charge < -0.3 is 9.30 Å². The van der Waals surface area contributed by atoms with Crippen molar-refractivity contribution in [2.45, 2.75) is 25.3 Å². The van der Waals surface area contributed by atoms with Gasteiger partial charge in [-0.2, -0.15) is 5.26 Å². The zero-order chi connectivity index (χ0) is 14.0. The summed E-state index contributed by atoms with van der Waals surface area (Å²) >= 11 is 6.21. The SMILES string of the molecule is COCC(C)n1c(C(C)Cl)nc2ccc(C#N)cc21. The van der Waals surface area contributed by atoms with Crippen molar-refractivity contribution in [1.82, 2.24) is 9.55 Å².